The lowest BCUT2D eigenvalue weighted by Gasteiger charge is -2.21. The fraction of sp³-hybridized carbons (Fsp3) is 0.176. The van der Waals surface area contributed by atoms with Crippen LogP contribution in [0, 0.1) is 6.92 Å². The number of nitrogens with two attached hydrogens (primary N) is 1. The molecule has 3 rings (SSSR count). The Kier molecular flexibility index (Phi) is 3.81. The van der Waals surface area contributed by atoms with E-state index in [2.05, 4.69) is 36.3 Å². The second-order valence-corrected chi connectivity index (χ2v) is 5.83. The summed E-state index contributed by atoms with van der Waals surface area (Å²) in [7, 11) is 0. The van der Waals surface area contributed by atoms with Crippen LogP contribution in [0.2, 0.25) is 0 Å². The first-order valence-corrected chi connectivity index (χ1v) is 7.47. The zero-order chi connectivity index (χ0) is 15.7. The van der Waals surface area contributed by atoms with E-state index < -0.39 is 0 Å². The number of hydrazone groups is 1. The van der Waals surface area contributed by atoms with Gasteiger partial charge in [-0.05, 0) is 42.4 Å². The summed E-state index contributed by atoms with van der Waals surface area (Å²) in [5.74, 6) is 0.239. The first kappa shape index (κ1) is 14.5. The van der Waals surface area contributed by atoms with Gasteiger partial charge in [-0.15, -0.1) is 0 Å². The van der Waals surface area contributed by atoms with Gasteiger partial charge in [0.15, 0.2) is 5.11 Å². The van der Waals surface area contributed by atoms with Crippen molar-refractivity contribution in [2.75, 3.05) is 0 Å². The molecule has 112 valence electrons. The fourth-order valence-electron chi connectivity index (χ4n) is 2.59. The highest BCUT2D eigenvalue weighted by Gasteiger charge is 2.30. The molecule has 4 nitrogen and oxygen atoms in total. The summed E-state index contributed by atoms with van der Waals surface area (Å²) in [5, 5.41) is 16.0. The largest absolute Gasteiger partial charge is 0.508 e. The van der Waals surface area contributed by atoms with E-state index in [4.69, 9.17) is 18.0 Å². The minimum Gasteiger partial charge on any atom is -0.508 e. The van der Waals surface area contributed by atoms with Crippen LogP contribution in [0.25, 0.3) is 0 Å². The molecule has 5 heteroatoms. The van der Waals surface area contributed by atoms with E-state index in [1.165, 1.54) is 5.56 Å². The monoisotopic (exact) mass is 311 g/mol. The van der Waals surface area contributed by atoms with Crippen LogP contribution in [0.15, 0.2) is 53.6 Å². The van der Waals surface area contributed by atoms with Crippen LogP contribution in [-0.2, 0) is 0 Å². The lowest BCUT2D eigenvalue weighted by atomic mass is 9.98. The van der Waals surface area contributed by atoms with E-state index >= 15 is 0 Å². The van der Waals surface area contributed by atoms with E-state index in [-0.39, 0.29) is 16.9 Å². The number of phenolic OH excluding ortho intramolecular Hbond substituents is 1. The van der Waals surface area contributed by atoms with Gasteiger partial charge in [0.1, 0.15) is 5.75 Å². The minimum atomic E-state index is -0.0330. The summed E-state index contributed by atoms with van der Waals surface area (Å²) in [6, 6.07) is 15.3. The summed E-state index contributed by atoms with van der Waals surface area (Å²) < 4.78 is 0. The van der Waals surface area contributed by atoms with Crippen LogP contribution < -0.4 is 5.73 Å². The van der Waals surface area contributed by atoms with E-state index in [9.17, 15) is 5.11 Å². The summed E-state index contributed by atoms with van der Waals surface area (Å²) in [6.07, 6.45) is 0.727. The Hall–Kier alpha value is -2.40. The molecule has 0 saturated heterocycles. The minimum absolute atomic E-state index is 0.0330. The smallest absolute Gasteiger partial charge is 0.187 e. The predicted molar refractivity (Wildman–Crippen MR) is 91.8 cm³/mol. The van der Waals surface area contributed by atoms with Gasteiger partial charge >= 0.3 is 0 Å². The Bertz CT molecular complexity index is 723. The van der Waals surface area contributed by atoms with Gasteiger partial charge in [0.25, 0.3) is 0 Å². The van der Waals surface area contributed by atoms with Crippen LogP contribution in [0.5, 0.6) is 5.75 Å². The maximum absolute atomic E-state index is 9.44. The predicted octanol–water partition coefficient (Wildman–Crippen LogP) is 3.10. The van der Waals surface area contributed by atoms with Crippen molar-refractivity contribution in [1.29, 1.82) is 0 Å². The van der Waals surface area contributed by atoms with Crippen molar-refractivity contribution >= 4 is 23.0 Å². The zero-order valence-corrected chi connectivity index (χ0v) is 13.0. The molecule has 0 fully saturated rings. The van der Waals surface area contributed by atoms with Gasteiger partial charge in [0.2, 0.25) is 0 Å². The van der Waals surface area contributed by atoms with E-state index in [1.54, 1.807) is 17.1 Å². The van der Waals surface area contributed by atoms with E-state index in [1.807, 2.05) is 12.1 Å². The molecule has 2 aromatic carbocycles. The molecule has 0 spiro atoms. The second-order valence-electron chi connectivity index (χ2n) is 5.41. The highest BCUT2D eigenvalue weighted by molar-refractivity contribution is 7.80. The molecule has 0 saturated carbocycles. The van der Waals surface area contributed by atoms with Crippen LogP contribution in [-0.4, -0.2) is 20.9 Å². The summed E-state index contributed by atoms with van der Waals surface area (Å²) in [6.45, 7) is 2.06. The summed E-state index contributed by atoms with van der Waals surface area (Å²) >= 11 is 5.13. The van der Waals surface area contributed by atoms with Crippen molar-refractivity contribution in [2.24, 2.45) is 10.8 Å². The molecule has 0 radical (unpaired) electrons. The molecular weight excluding hydrogens is 294 g/mol. The highest BCUT2D eigenvalue weighted by atomic mass is 32.1. The lowest BCUT2D eigenvalue weighted by Crippen LogP contribution is -2.31. The van der Waals surface area contributed by atoms with Gasteiger partial charge in [-0.3, -0.25) is 0 Å². The number of thiocarbonyl (C=S) groups is 1. The Labute approximate surface area is 134 Å². The van der Waals surface area contributed by atoms with Crippen LogP contribution in [0.1, 0.15) is 29.2 Å². The normalized spacial score (nSPS) is 17.4. The number of phenols is 1. The van der Waals surface area contributed by atoms with Crippen LogP contribution in [0.3, 0.4) is 0 Å². The Morgan fingerprint density at radius 3 is 2.41 bits per heavy atom. The zero-order valence-electron chi connectivity index (χ0n) is 12.2. The lowest BCUT2D eigenvalue weighted by molar-refractivity contribution is 0.372. The van der Waals surface area contributed by atoms with Gasteiger partial charge in [-0.2, -0.15) is 5.10 Å². The fourth-order valence-corrected chi connectivity index (χ4v) is 2.76. The maximum Gasteiger partial charge on any atom is 0.187 e. The molecule has 1 heterocycles. The van der Waals surface area contributed by atoms with Gasteiger partial charge in [-0.1, -0.05) is 42.0 Å². The van der Waals surface area contributed by atoms with Gasteiger partial charge in [0.05, 0.1) is 11.8 Å². The first-order valence-electron chi connectivity index (χ1n) is 7.07. The Morgan fingerprint density at radius 2 is 1.82 bits per heavy atom. The van der Waals surface area contributed by atoms with E-state index in [0.29, 0.717) is 0 Å². The van der Waals surface area contributed by atoms with Gasteiger partial charge in [0, 0.05) is 6.42 Å². The van der Waals surface area contributed by atoms with Crippen LogP contribution in [0.4, 0.5) is 0 Å². The van der Waals surface area contributed by atoms with Gasteiger partial charge < -0.3 is 10.8 Å². The summed E-state index contributed by atoms with van der Waals surface area (Å²) in [5.41, 5.74) is 10.1. The van der Waals surface area contributed by atoms with Crippen molar-refractivity contribution in [3.63, 3.8) is 0 Å². The molecule has 3 N–H and O–H groups in total. The molecular formula is C17H17N3OS. The number of rotatable bonds is 2. The van der Waals surface area contributed by atoms with Crippen molar-refractivity contribution < 1.29 is 5.11 Å². The van der Waals surface area contributed by atoms with Crippen molar-refractivity contribution in [3.05, 3.63) is 65.2 Å². The highest BCUT2D eigenvalue weighted by Crippen LogP contribution is 2.33. The van der Waals surface area contributed by atoms with Crippen molar-refractivity contribution in [1.82, 2.24) is 5.01 Å². The third-order valence-electron chi connectivity index (χ3n) is 3.80. The second kappa shape index (κ2) is 5.77. The Morgan fingerprint density at radius 1 is 1.18 bits per heavy atom. The summed E-state index contributed by atoms with van der Waals surface area (Å²) in [4.78, 5) is 0. The molecule has 0 aliphatic carbocycles. The maximum atomic E-state index is 9.44. The standard InChI is InChI=1S/C17H17N3OS/c1-11-2-4-12(5-3-11)15-10-16(20(19-15)17(18)22)13-6-8-14(21)9-7-13/h2-9,16,21H,10H2,1H3,(H2,18,22)/t16-/m0/s1. The quantitative estimate of drug-likeness (QED) is 0.837. The molecule has 22 heavy (non-hydrogen) atoms. The molecule has 1 aliphatic rings. The van der Waals surface area contributed by atoms with Gasteiger partial charge in [-0.25, -0.2) is 5.01 Å². The number of aryl methyl sites for hydroxylation is 1. The van der Waals surface area contributed by atoms with E-state index in [0.717, 1.165) is 23.3 Å². The molecule has 1 atom stereocenters. The molecule has 0 aromatic heterocycles. The number of hydrogen-bond acceptors (Lipinski definition) is 3. The Balaban J connectivity index is 1.92. The molecule has 0 unspecified atom stereocenters. The average Bonchev–Trinajstić information content (AvgIpc) is 2.94. The van der Waals surface area contributed by atoms with Crippen molar-refractivity contribution in [2.45, 2.75) is 19.4 Å². The van der Waals surface area contributed by atoms with Crippen molar-refractivity contribution in [3.8, 4) is 5.75 Å². The number of benzene rings is 2. The first-order chi connectivity index (χ1) is 10.5. The van der Waals surface area contributed by atoms with Crippen LogP contribution >= 0.6 is 12.2 Å². The number of aromatic hydroxyl groups is 1. The number of hydrogen-bond donors (Lipinski definition) is 2. The molecule has 0 bridgehead atoms. The molecule has 2 aromatic rings. The number of nitrogens with zero attached hydrogens (tertiary/aromatic N) is 2. The molecule has 1 aliphatic heterocycles. The third-order valence-corrected chi connectivity index (χ3v) is 3.99. The third kappa shape index (κ3) is 2.80. The SMILES string of the molecule is Cc1ccc(C2=NN(C(N)=S)[C@H](c3ccc(O)cc3)C2)cc1. The molecule has 0 amide bonds. The average molecular weight is 311 g/mol. The topological polar surface area (TPSA) is 61.8 Å².